The summed E-state index contributed by atoms with van der Waals surface area (Å²) in [4.78, 5) is 11.8. The van der Waals surface area contributed by atoms with Gasteiger partial charge in [-0.05, 0) is 36.6 Å². The first-order valence-corrected chi connectivity index (χ1v) is 9.18. The topological polar surface area (TPSA) is 89.7 Å². The molecule has 2 N–H and O–H groups in total. The molecule has 0 amide bonds. The van der Waals surface area contributed by atoms with Gasteiger partial charge in [0.2, 0.25) is 10.0 Å². The molecule has 25 heavy (non-hydrogen) atoms. The molecular weight excluding hydrogens is 340 g/mol. The van der Waals surface area contributed by atoms with E-state index >= 15 is 0 Å². The van der Waals surface area contributed by atoms with E-state index in [4.69, 9.17) is 5.73 Å². The molecule has 0 radical (unpaired) electrons. The minimum atomic E-state index is -3.92. The van der Waals surface area contributed by atoms with Gasteiger partial charge in [0.05, 0.1) is 12.0 Å². The Morgan fingerprint density at radius 3 is 2.36 bits per heavy atom. The quantitative estimate of drug-likeness (QED) is 0.629. The Labute approximate surface area is 148 Å². The van der Waals surface area contributed by atoms with Crippen molar-refractivity contribution >= 4 is 21.7 Å². The van der Waals surface area contributed by atoms with E-state index in [1.165, 1.54) is 13.2 Å². The van der Waals surface area contributed by atoms with Crippen LogP contribution in [0.25, 0.3) is 0 Å². The number of esters is 1. The first-order valence-electron chi connectivity index (χ1n) is 7.74. The number of aryl methyl sites for hydroxylation is 1. The fourth-order valence-corrected chi connectivity index (χ4v) is 4.09. The zero-order valence-electron chi connectivity index (χ0n) is 14.5. The number of ether oxygens (including phenoxy) is 1. The summed E-state index contributed by atoms with van der Waals surface area (Å²) < 4.78 is 32.0. The van der Waals surface area contributed by atoms with E-state index in [-0.39, 0.29) is 18.0 Å². The van der Waals surface area contributed by atoms with E-state index in [1.54, 1.807) is 25.1 Å². The molecule has 7 heteroatoms. The summed E-state index contributed by atoms with van der Waals surface area (Å²) >= 11 is 0. The number of nitrogens with zero attached hydrogens (tertiary/aromatic N) is 1. The Morgan fingerprint density at radius 2 is 1.76 bits per heavy atom. The molecule has 2 aromatic rings. The SMILES string of the molecule is COC(=O)CN(Cc1ccccc1)S(=O)(=O)c1ccc(C)c(N)c1C. The molecule has 0 saturated heterocycles. The van der Waals surface area contributed by atoms with Gasteiger partial charge in [-0.2, -0.15) is 4.31 Å². The van der Waals surface area contributed by atoms with E-state index in [0.29, 0.717) is 11.3 Å². The standard InChI is InChI=1S/C18H22N2O4S/c1-13-9-10-16(14(2)18(13)19)25(22,23)20(12-17(21)24-3)11-15-7-5-4-6-8-15/h4-10H,11-12,19H2,1-3H3. The minimum absolute atomic E-state index is 0.0610. The Balaban J connectivity index is 2.47. The number of hydrogen-bond donors (Lipinski definition) is 1. The lowest BCUT2D eigenvalue weighted by Crippen LogP contribution is -2.36. The smallest absolute Gasteiger partial charge is 0.321 e. The van der Waals surface area contributed by atoms with Crippen molar-refractivity contribution in [2.24, 2.45) is 0 Å². The Bertz CT molecular complexity index is 864. The number of sulfonamides is 1. The van der Waals surface area contributed by atoms with Crippen molar-refractivity contribution in [3.05, 3.63) is 59.2 Å². The molecule has 0 aliphatic rings. The fraction of sp³-hybridized carbons (Fsp3) is 0.278. The number of methoxy groups -OCH3 is 1. The molecule has 0 aliphatic heterocycles. The summed E-state index contributed by atoms with van der Waals surface area (Å²) in [6.07, 6.45) is 0. The predicted molar refractivity (Wildman–Crippen MR) is 96.4 cm³/mol. The average molecular weight is 362 g/mol. The van der Waals surface area contributed by atoms with Crippen LogP contribution in [0.4, 0.5) is 5.69 Å². The van der Waals surface area contributed by atoms with Gasteiger partial charge in [-0.3, -0.25) is 4.79 Å². The predicted octanol–water partition coefficient (Wildman–Crippen LogP) is 2.25. The van der Waals surface area contributed by atoms with Crippen molar-refractivity contribution in [2.45, 2.75) is 25.3 Å². The molecule has 0 heterocycles. The van der Waals surface area contributed by atoms with Gasteiger partial charge in [0, 0.05) is 12.2 Å². The molecule has 0 atom stereocenters. The number of hydrogen-bond acceptors (Lipinski definition) is 5. The highest BCUT2D eigenvalue weighted by Gasteiger charge is 2.29. The van der Waals surface area contributed by atoms with Crippen molar-refractivity contribution < 1.29 is 17.9 Å². The highest BCUT2D eigenvalue weighted by molar-refractivity contribution is 7.89. The summed E-state index contributed by atoms with van der Waals surface area (Å²) in [5.41, 5.74) is 8.46. The molecule has 0 fully saturated rings. The second kappa shape index (κ2) is 7.67. The number of nitrogens with two attached hydrogens (primary N) is 1. The fourth-order valence-electron chi connectivity index (χ4n) is 2.48. The van der Waals surface area contributed by atoms with Crippen LogP contribution in [0.2, 0.25) is 0 Å². The number of rotatable bonds is 6. The van der Waals surface area contributed by atoms with Crippen molar-refractivity contribution in [1.29, 1.82) is 0 Å². The number of carbonyl (C=O) groups is 1. The summed E-state index contributed by atoms with van der Waals surface area (Å²) in [7, 11) is -2.69. The summed E-state index contributed by atoms with van der Waals surface area (Å²) in [5, 5.41) is 0. The molecule has 6 nitrogen and oxygen atoms in total. The van der Waals surface area contributed by atoms with Crippen LogP contribution in [0.1, 0.15) is 16.7 Å². The van der Waals surface area contributed by atoms with E-state index in [1.807, 2.05) is 25.1 Å². The monoisotopic (exact) mass is 362 g/mol. The van der Waals surface area contributed by atoms with Crippen LogP contribution in [-0.2, 0) is 26.1 Å². The lowest BCUT2D eigenvalue weighted by Gasteiger charge is -2.23. The Morgan fingerprint density at radius 1 is 1.12 bits per heavy atom. The molecular formula is C18H22N2O4S. The van der Waals surface area contributed by atoms with Crippen molar-refractivity contribution in [3.63, 3.8) is 0 Å². The van der Waals surface area contributed by atoms with E-state index in [0.717, 1.165) is 15.4 Å². The molecule has 0 aromatic heterocycles. The molecule has 134 valence electrons. The molecule has 0 spiro atoms. The van der Waals surface area contributed by atoms with Crippen molar-refractivity contribution in [2.75, 3.05) is 19.4 Å². The number of benzene rings is 2. The summed E-state index contributed by atoms with van der Waals surface area (Å²) in [5.74, 6) is -0.628. The van der Waals surface area contributed by atoms with Crippen molar-refractivity contribution in [1.82, 2.24) is 4.31 Å². The summed E-state index contributed by atoms with van der Waals surface area (Å²) in [6.45, 7) is 3.16. The highest BCUT2D eigenvalue weighted by atomic mass is 32.2. The zero-order chi connectivity index (χ0) is 18.6. The first-order chi connectivity index (χ1) is 11.8. The second-order valence-corrected chi connectivity index (χ2v) is 7.66. The Kier molecular flexibility index (Phi) is 5.81. The maximum absolute atomic E-state index is 13.1. The van der Waals surface area contributed by atoms with E-state index < -0.39 is 16.0 Å². The minimum Gasteiger partial charge on any atom is -0.468 e. The highest BCUT2D eigenvalue weighted by Crippen LogP contribution is 2.27. The second-order valence-electron chi connectivity index (χ2n) is 5.75. The van der Waals surface area contributed by atoms with Crippen LogP contribution in [0, 0.1) is 13.8 Å². The van der Waals surface area contributed by atoms with Gasteiger partial charge in [-0.15, -0.1) is 0 Å². The molecule has 0 unspecified atom stereocenters. The van der Waals surface area contributed by atoms with Gasteiger partial charge in [-0.25, -0.2) is 8.42 Å². The molecule has 0 bridgehead atoms. The van der Waals surface area contributed by atoms with Crippen LogP contribution < -0.4 is 5.73 Å². The maximum Gasteiger partial charge on any atom is 0.321 e. The lowest BCUT2D eigenvalue weighted by molar-refractivity contribution is -0.140. The number of nitrogen functional groups attached to an aromatic ring is 1. The van der Waals surface area contributed by atoms with Gasteiger partial charge in [0.25, 0.3) is 0 Å². The first kappa shape index (κ1) is 19.0. The van der Waals surface area contributed by atoms with Gasteiger partial charge >= 0.3 is 5.97 Å². The third-order valence-corrected chi connectivity index (χ3v) is 5.97. The zero-order valence-corrected chi connectivity index (χ0v) is 15.3. The third-order valence-electron chi connectivity index (χ3n) is 4.04. The van der Waals surface area contributed by atoms with Crippen LogP contribution in [-0.4, -0.2) is 32.3 Å². The third kappa shape index (κ3) is 4.18. The van der Waals surface area contributed by atoms with Gasteiger partial charge < -0.3 is 10.5 Å². The van der Waals surface area contributed by atoms with Crippen LogP contribution >= 0.6 is 0 Å². The Hall–Kier alpha value is -2.38. The van der Waals surface area contributed by atoms with E-state index in [2.05, 4.69) is 4.74 Å². The molecule has 2 rings (SSSR count). The van der Waals surface area contributed by atoms with Gasteiger partial charge in [-0.1, -0.05) is 36.4 Å². The summed E-state index contributed by atoms with van der Waals surface area (Å²) in [6, 6.07) is 12.3. The van der Waals surface area contributed by atoms with Crippen molar-refractivity contribution in [3.8, 4) is 0 Å². The number of anilines is 1. The van der Waals surface area contributed by atoms with Gasteiger partial charge in [0.1, 0.15) is 6.54 Å². The van der Waals surface area contributed by atoms with Gasteiger partial charge in [0.15, 0.2) is 0 Å². The molecule has 0 aliphatic carbocycles. The van der Waals surface area contributed by atoms with Crippen LogP contribution in [0.5, 0.6) is 0 Å². The largest absolute Gasteiger partial charge is 0.468 e. The number of carbonyl (C=O) groups excluding carboxylic acids is 1. The molecule has 0 saturated carbocycles. The maximum atomic E-state index is 13.1. The normalized spacial score (nSPS) is 11.5. The lowest BCUT2D eigenvalue weighted by atomic mass is 10.1. The molecule has 2 aromatic carbocycles. The van der Waals surface area contributed by atoms with E-state index in [9.17, 15) is 13.2 Å². The average Bonchev–Trinajstić information content (AvgIpc) is 2.59. The van der Waals surface area contributed by atoms with Crippen LogP contribution in [0.15, 0.2) is 47.4 Å². The van der Waals surface area contributed by atoms with Crippen LogP contribution in [0.3, 0.4) is 0 Å².